The van der Waals surface area contributed by atoms with Crippen LogP contribution in [0.2, 0.25) is 0 Å². The van der Waals surface area contributed by atoms with Gasteiger partial charge in [-0.1, -0.05) is 17.7 Å². The third kappa shape index (κ3) is 2.67. The van der Waals surface area contributed by atoms with E-state index in [1.807, 2.05) is 0 Å². The number of hydrogen-bond donors (Lipinski definition) is 1. The fourth-order valence-corrected chi connectivity index (χ4v) is 3.93. The maximum Gasteiger partial charge on any atom is 0.0399 e. The average molecular weight is 262 g/mol. The Morgan fingerprint density at radius 3 is 3.22 bits per heavy atom. The minimum atomic E-state index is 0.663. The van der Waals surface area contributed by atoms with Crippen molar-refractivity contribution in [3.63, 3.8) is 0 Å². The molecule has 0 aliphatic carbocycles. The van der Waals surface area contributed by atoms with E-state index < -0.39 is 0 Å². The van der Waals surface area contributed by atoms with Crippen molar-refractivity contribution in [2.45, 2.75) is 25.8 Å². The summed E-state index contributed by atoms with van der Waals surface area (Å²) in [5.41, 5.74) is 4.41. The minimum Gasteiger partial charge on any atom is -0.370 e. The molecule has 2 aliphatic heterocycles. The second-order valence-corrected chi connectivity index (χ2v) is 6.56. The zero-order valence-corrected chi connectivity index (χ0v) is 11.9. The largest absolute Gasteiger partial charge is 0.370 e. The van der Waals surface area contributed by atoms with Gasteiger partial charge in [-0.3, -0.25) is 0 Å². The Balaban J connectivity index is 1.74. The molecule has 1 N–H and O–H groups in total. The summed E-state index contributed by atoms with van der Waals surface area (Å²) in [7, 11) is 0. The van der Waals surface area contributed by atoms with Crippen LogP contribution in [-0.4, -0.2) is 37.2 Å². The first-order valence-electron chi connectivity index (χ1n) is 6.98. The average Bonchev–Trinajstić information content (AvgIpc) is 2.40. The highest BCUT2D eigenvalue weighted by Gasteiger charge is 2.21. The quantitative estimate of drug-likeness (QED) is 0.881. The number of benzene rings is 1. The molecule has 98 valence electrons. The second-order valence-electron chi connectivity index (χ2n) is 5.41. The van der Waals surface area contributed by atoms with Crippen LogP contribution in [0, 0.1) is 6.92 Å². The first-order valence-corrected chi connectivity index (χ1v) is 8.14. The van der Waals surface area contributed by atoms with E-state index in [-0.39, 0.29) is 0 Å². The first kappa shape index (κ1) is 12.4. The predicted octanol–water partition coefficient (Wildman–Crippen LogP) is 2.45. The molecule has 1 atom stereocenters. The van der Waals surface area contributed by atoms with Gasteiger partial charge < -0.3 is 10.2 Å². The summed E-state index contributed by atoms with van der Waals surface area (Å²) in [5, 5.41) is 3.65. The lowest BCUT2D eigenvalue weighted by Crippen LogP contribution is -2.47. The number of nitrogens with zero attached hydrogens (tertiary/aromatic N) is 1. The van der Waals surface area contributed by atoms with Crippen molar-refractivity contribution in [3.8, 4) is 0 Å². The summed E-state index contributed by atoms with van der Waals surface area (Å²) in [6.07, 6.45) is 2.55. The zero-order valence-electron chi connectivity index (χ0n) is 11.1. The standard InChI is InChI=1S/C15H22N2S/c1-12-4-5-15-13(9-12)3-2-7-17(15)10-14-11-18-8-6-16-14/h4-5,9,14,16H,2-3,6-8,10-11H2,1H3. The number of rotatable bonds is 2. The van der Waals surface area contributed by atoms with Crippen LogP contribution in [0.5, 0.6) is 0 Å². The highest BCUT2D eigenvalue weighted by atomic mass is 32.2. The van der Waals surface area contributed by atoms with Crippen LogP contribution in [-0.2, 0) is 6.42 Å². The summed E-state index contributed by atoms with van der Waals surface area (Å²) >= 11 is 2.09. The van der Waals surface area contributed by atoms with Crippen molar-refractivity contribution >= 4 is 17.4 Å². The van der Waals surface area contributed by atoms with Crippen molar-refractivity contribution in [2.24, 2.45) is 0 Å². The van der Waals surface area contributed by atoms with Gasteiger partial charge in [0.1, 0.15) is 0 Å². The normalized spacial score (nSPS) is 23.8. The van der Waals surface area contributed by atoms with Crippen LogP contribution >= 0.6 is 11.8 Å². The molecule has 3 rings (SSSR count). The van der Waals surface area contributed by atoms with Crippen LogP contribution in [0.25, 0.3) is 0 Å². The molecule has 0 bridgehead atoms. The number of aryl methyl sites for hydroxylation is 2. The Morgan fingerprint density at radius 2 is 2.39 bits per heavy atom. The fourth-order valence-electron chi connectivity index (χ4n) is 3.00. The molecule has 1 aromatic carbocycles. The molecule has 1 saturated heterocycles. The van der Waals surface area contributed by atoms with Gasteiger partial charge in [-0.15, -0.1) is 0 Å². The number of hydrogen-bond acceptors (Lipinski definition) is 3. The molecule has 18 heavy (non-hydrogen) atoms. The molecule has 2 aliphatic rings. The zero-order chi connectivity index (χ0) is 12.4. The summed E-state index contributed by atoms with van der Waals surface area (Å²) in [6.45, 7) is 5.75. The van der Waals surface area contributed by atoms with E-state index in [9.17, 15) is 0 Å². The Kier molecular flexibility index (Phi) is 3.80. The molecule has 1 aromatic rings. The lowest BCUT2D eigenvalue weighted by Gasteiger charge is -2.35. The highest BCUT2D eigenvalue weighted by molar-refractivity contribution is 7.99. The summed E-state index contributed by atoms with van der Waals surface area (Å²) in [6, 6.07) is 7.60. The third-order valence-corrected chi connectivity index (χ3v) is 5.02. The SMILES string of the molecule is Cc1ccc2c(c1)CCCN2CC1CSCCN1. The van der Waals surface area contributed by atoms with Gasteiger partial charge in [0.25, 0.3) is 0 Å². The van der Waals surface area contributed by atoms with E-state index in [1.54, 1.807) is 5.56 Å². The van der Waals surface area contributed by atoms with Crippen LogP contribution in [0.4, 0.5) is 5.69 Å². The summed E-state index contributed by atoms with van der Waals surface area (Å²) in [4.78, 5) is 2.59. The Hall–Kier alpha value is -0.670. The van der Waals surface area contributed by atoms with Crippen molar-refractivity contribution < 1.29 is 0 Å². The highest BCUT2D eigenvalue weighted by Crippen LogP contribution is 2.28. The van der Waals surface area contributed by atoms with Gasteiger partial charge in [0.05, 0.1) is 0 Å². The smallest absolute Gasteiger partial charge is 0.0399 e. The van der Waals surface area contributed by atoms with E-state index in [0.29, 0.717) is 6.04 Å². The molecule has 0 aromatic heterocycles. The lowest BCUT2D eigenvalue weighted by molar-refractivity contribution is 0.538. The van der Waals surface area contributed by atoms with Gasteiger partial charge in [-0.25, -0.2) is 0 Å². The molecule has 0 amide bonds. The van der Waals surface area contributed by atoms with Crippen molar-refractivity contribution in [3.05, 3.63) is 29.3 Å². The second kappa shape index (κ2) is 5.54. The van der Waals surface area contributed by atoms with E-state index in [2.05, 4.69) is 47.1 Å². The van der Waals surface area contributed by atoms with Crippen molar-refractivity contribution in [1.82, 2.24) is 5.32 Å². The van der Waals surface area contributed by atoms with E-state index in [0.717, 1.165) is 0 Å². The van der Waals surface area contributed by atoms with Crippen LogP contribution in [0.15, 0.2) is 18.2 Å². The topological polar surface area (TPSA) is 15.3 Å². The lowest BCUT2D eigenvalue weighted by atomic mass is 9.99. The Morgan fingerprint density at radius 1 is 1.44 bits per heavy atom. The number of nitrogens with one attached hydrogen (secondary N) is 1. The molecular formula is C15H22N2S. The molecule has 2 nitrogen and oxygen atoms in total. The van der Waals surface area contributed by atoms with Gasteiger partial charge in [0.15, 0.2) is 0 Å². The van der Waals surface area contributed by atoms with Gasteiger partial charge in [0, 0.05) is 42.9 Å². The molecule has 1 unspecified atom stereocenters. The minimum absolute atomic E-state index is 0.663. The van der Waals surface area contributed by atoms with Crippen LogP contribution < -0.4 is 10.2 Å². The van der Waals surface area contributed by atoms with Crippen molar-refractivity contribution in [1.29, 1.82) is 0 Å². The Bertz CT molecular complexity index is 413. The van der Waals surface area contributed by atoms with Gasteiger partial charge >= 0.3 is 0 Å². The van der Waals surface area contributed by atoms with E-state index in [1.165, 1.54) is 55.2 Å². The van der Waals surface area contributed by atoms with E-state index in [4.69, 9.17) is 0 Å². The molecule has 0 spiro atoms. The molecular weight excluding hydrogens is 240 g/mol. The van der Waals surface area contributed by atoms with E-state index >= 15 is 0 Å². The fraction of sp³-hybridized carbons (Fsp3) is 0.600. The maximum absolute atomic E-state index is 3.65. The number of anilines is 1. The molecule has 1 fully saturated rings. The molecule has 0 radical (unpaired) electrons. The first-order chi connectivity index (χ1) is 8.83. The van der Waals surface area contributed by atoms with Gasteiger partial charge in [-0.2, -0.15) is 11.8 Å². The monoisotopic (exact) mass is 262 g/mol. The molecule has 3 heteroatoms. The Labute approximate surface area is 114 Å². The number of fused-ring (bicyclic) bond motifs is 1. The van der Waals surface area contributed by atoms with Gasteiger partial charge in [0.2, 0.25) is 0 Å². The molecule has 0 saturated carbocycles. The number of thioether (sulfide) groups is 1. The third-order valence-electron chi connectivity index (χ3n) is 3.89. The van der Waals surface area contributed by atoms with Gasteiger partial charge in [-0.05, 0) is 31.4 Å². The predicted molar refractivity (Wildman–Crippen MR) is 80.8 cm³/mol. The summed E-state index contributed by atoms with van der Waals surface area (Å²) < 4.78 is 0. The van der Waals surface area contributed by atoms with Crippen molar-refractivity contribution in [2.75, 3.05) is 36.0 Å². The van der Waals surface area contributed by atoms with Crippen LogP contribution in [0.1, 0.15) is 17.5 Å². The van der Waals surface area contributed by atoms with Crippen LogP contribution in [0.3, 0.4) is 0 Å². The maximum atomic E-state index is 3.65. The molecule has 2 heterocycles. The summed E-state index contributed by atoms with van der Waals surface area (Å²) in [5.74, 6) is 2.53.